The number of hydrogen-bond acceptors (Lipinski definition) is 1. The molecule has 1 heteroatoms. The lowest BCUT2D eigenvalue weighted by molar-refractivity contribution is -0.112. The predicted molar refractivity (Wildman–Crippen MR) is 92.2 cm³/mol. The molecule has 0 fully saturated rings. The van der Waals surface area contributed by atoms with Gasteiger partial charge in [0.1, 0.15) is 0 Å². The average Bonchev–Trinajstić information content (AvgIpc) is 2.36. The molecule has 0 unspecified atom stereocenters. The molecule has 1 aliphatic carbocycles. The van der Waals surface area contributed by atoms with Crippen molar-refractivity contribution in [3.05, 3.63) is 59.3 Å². The zero-order chi connectivity index (χ0) is 15.9. The summed E-state index contributed by atoms with van der Waals surface area (Å²) in [6.45, 7) is 10.6. The molecule has 114 valence electrons. The highest BCUT2D eigenvalue weighted by Crippen LogP contribution is 2.40. The summed E-state index contributed by atoms with van der Waals surface area (Å²) in [5.41, 5.74) is 4.51. The predicted octanol–water partition coefficient (Wildman–Crippen LogP) is 5.72. The third-order valence-corrected chi connectivity index (χ3v) is 3.97. The molecule has 0 bridgehead atoms. The summed E-state index contributed by atoms with van der Waals surface area (Å²) in [5.74, 6) is 0.0715. The lowest BCUT2D eigenvalue weighted by atomic mass is 9.72. The van der Waals surface area contributed by atoms with Crippen LogP contribution in [-0.4, -0.2) is 5.78 Å². The molecule has 0 atom stereocenters. The van der Waals surface area contributed by atoms with Gasteiger partial charge in [0.05, 0.1) is 0 Å². The van der Waals surface area contributed by atoms with Gasteiger partial charge in [-0.2, -0.15) is 0 Å². The van der Waals surface area contributed by atoms with Crippen LogP contribution in [0, 0.1) is 5.41 Å². The van der Waals surface area contributed by atoms with Crippen LogP contribution in [0.25, 0.3) is 0 Å². The van der Waals surface area contributed by atoms with E-state index in [9.17, 15) is 4.79 Å². The fourth-order valence-electron chi connectivity index (χ4n) is 2.74. The van der Waals surface area contributed by atoms with Crippen LogP contribution >= 0.6 is 0 Å². The summed E-state index contributed by atoms with van der Waals surface area (Å²) in [4.78, 5) is 10.8. The molecule has 21 heavy (non-hydrogen) atoms. The van der Waals surface area contributed by atoms with E-state index in [1.54, 1.807) is 19.1 Å². The van der Waals surface area contributed by atoms with E-state index in [2.05, 4.69) is 45.9 Å². The Morgan fingerprint density at radius 3 is 2.43 bits per heavy atom. The molecule has 0 saturated carbocycles. The van der Waals surface area contributed by atoms with Gasteiger partial charge in [-0.15, -0.1) is 0 Å². The highest BCUT2D eigenvalue weighted by molar-refractivity contribution is 5.87. The van der Waals surface area contributed by atoms with Crippen molar-refractivity contribution in [2.24, 2.45) is 5.41 Å². The van der Waals surface area contributed by atoms with Crippen LogP contribution in [0.15, 0.2) is 59.3 Å². The van der Waals surface area contributed by atoms with Gasteiger partial charge >= 0.3 is 0 Å². The summed E-state index contributed by atoms with van der Waals surface area (Å²) < 4.78 is 0. The van der Waals surface area contributed by atoms with E-state index in [1.165, 1.54) is 36.0 Å². The normalized spacial score (nSPS) is 20.1. The Morgan fingerprint density at radius 1 is 1.10 bits per heavy atom. The molecule has 0 amide bonds. The van der Waals surface area contributed by atoms with Crippen molar-refractivity contribution >= 4 is 5.78 Å². The number of ketones is 1. The second-order valence-corrected chi connectivity index (χ2v) is 6.53. The third kappa shape index (κ3) is 6.12. The summed E-state index contributed by atoms with van der Waals surface area (Å²) in [6.07, 6.45) is 17.5. The molecule has 0 saturated heterocycles. The van der Waals surface area contributed by atoms with Crippen molar-refractivity contribution in [1.29, 1.82) is 0 Å². The van der Waals surface area contributed by atoms with Crippen LogP contribution < -0.4 is 0 Å². The Bertz CT molecular complexity index is 522. The quantitative estimate of drug-likeness (QED) is 0.466. The molecule has 0 aromatic heterocycles. The standard InChI is InChI=1S/C20H28O/c1-16(10-7-6-8-12-18(3)21)13-14-19-17(2)11-9-15-20(19,4)5/h6-8,10,12-14H,9,11,15H2,1-5H3/b7-6+,12-8+,14-13+,16-10-. The molecule has 0 aliphatic heterocycles. The first-order chi connectivity index (χ1) is 9.83. The second kappa shape index (κ2) is 7.97. The van der Waals surface area contributed by atoms with Crippen molar-refractivity contribution in [3.8, 4) is 0 Å². The SMILES string of the molecule is CC(=O)/C=C/C=C/C=C(C)\C=C\C1=C(C)CCCC1(C)C. The second-order valence-electron chi connectivity index (χ2n) is 6.53. The highest BCUT2D eigenvalue weighted by atomic mass is 16.1. The lowest BCUT2D eigenvalue weighted by Gasteiger charge is -2.32. The van der Waals surface area contributed by atoms with Crippen molar-refractivity contribution < 1.29 is 4.79 Å². The van der Waals surface area contributed by atoms with Crippen LogP contribution in [-0.2, 0) is 4.79 Å². The monoisotopic (exact) mass is 284 g/mol. The minimum atomic E-state index is 0.0715. The topological polar surface area (TPSA) is 17.1 Å². The van der Waals surface area contributed by atoms with Gasteiger partial charge in [-0.25, -0.2) is 0 Å². The number of carbonyl (C=O) groups is 1. The van der Waals surface area contributed by atoms with E-state index in [1.807, 2.05) is 12.2 Å². The van der Waals surface area contributed by atoms with Gasteiger partial charge in [0, 0.05) is 0 Å². The first-order valence-corrected chi connectivity index (χ1v) is 7.73. The molecule has 0 radical (unpaired) electrons. The Kier molecular flexibility index (Phi) is 6.61. The van der Waals surface area contributed by atoms with Crippen molar-refractivity contribution in [2.75, 3.05) is 0 Å². The van der Waals surface area contributed by atoms with E-state index in [4.69, 9.17) is 0 Å². The molecule has 1 aliphatic rings. The Hall–Kier alpha value is -1.63. The van der Waals surface area contributed by atoms with Gasteiger partial charge in [0.15, 0.2) is 5.78 Å². The molecule has 1 nitrogen and oxygen atoms in total. The van der Waals surface area contributed by atoms with Gasteiger partial charge in [-0.1, -0.05) is 61.4 Å². The number of allylic oxidation sites excluding steroid dienone is 10. The molecular weight excluding hydrogens is 256 g/mol. The zero-order valence-corrected chi connectivity index (χ0v) is 14.1. The highest BCUT2D eigenvalue weighted by Gasteiger charge is 2.26. The lowest BCUT2D eigenvalue weighted by Crippen LogP contribution is -2.19. The number of carbonyl (C=O) groups excluding carboxylic acids is 1. The van der Waals surface area contributed by atoms with Crippen LogP contribution in [0.1, 0.15) is 53.9 Å². The van der Waals surface area contributed by atoms with Crippen molar-refractivity contribution in [3.63, 3.8) is 0 Å². The molecular formula is C20H28O. The van der Waals surface area contributed by atoms with Crippen molar-refractivity contribution in [2.45, 2.75) is 53.9 Å². The summed E-state index contributed by atoms with van der Waals surface area (Å²) >= 11 is 0. The van der Waals surface area contributed by atoms with E-state index in [0.29, 0.717) is 5.41 Å². The van der Waals surface area contributed by atoms with Gasteiger partial charge in [-0.3, -0.25) is 4.79 Å². The fraction of sp³-hybridized carbons (Fsp3) is 0.450. The Morgan fingerprint density at radius 2 is 1.81 bits per heavy atom. The summed E-state index contributed by atoms with van der Waals surface area (Å²) in [7, 11) is 0. The van der Waals surface area contributed by atoms with Crippen molar-refractivity contribution in [1.82, 2.24) is 0 Å². The summed E-state index contributed by atoms with van der Waals surface area (Å²) in [5, 5.41) is 0. The van der Waals surface area contributed by atoms with Gasteiger partial charge in [-0.05, 0) is 57.1 Å². The number of hydrogen-bond donors (Lipinski definition) is 0. The minimum Gasteiger partial charge on any atom is -0.295 e. The molecule has 0 aromatic rings. The summed E-state index contributed by atoms with van der Waals surface area (Å²) in [6, 6.07) is 0. The van der Waals surface area contributed by atoms with E-state index in [-0.39, 0.29) is 5.78 Å². The maximum atomic E-state index is 10.8. The molecule has 0 N–H and O–H groups in total. The van der Waals surface area contributed by atoms with E-state index < -0.39 is 0 Å². The third-order valence-electron chi connectivity index (χ3n) is 3.97. The largest absolute Gasteiger partial charge is 0.295 e. The minimum absolute atomic E-state index is 0.0715. The zero-order valence-electron chi connectivity index (χ0n) is 14.1. The molecule has 1 rings (SSSR count). The Balaban J connectivity index is 2.73. The van der Waals surface area contributed by atoms with Crippen LogP contribution in [0.2, 0.25) is 0 Å². The fourth-order valence-corrected chi connectivity index (χ4v) is 2.74. The first kappa shape index (κ1) is 17.4. The van der Waals surface area contributed by atoms with Crippen LogP contribution in [0.5, 0.6) is 0 Å². The van der Waals surface area contributed by atoms with Gasteiger partial charge < -0.3 is 0 Å². The van der Waals surface area contributed by atoms with Gasteiger partial charge in [0.25, 0.3) is 0 Å². The van der Waals surface area contributed by atoms with E-state index >= 15 is 0 Å². The maximum absolute atomic E-state index is 10.8. The first-order valence-electron chi connectivity index (χ1n) is 7.73. The number of rotatable bonds is 5. The molecule has 0 aromatic carbocycles. The smallest absolute Gasteiger partial charge is 0.152 e. The maximum Gasteiger partial charge on any atom is 0.152 e. The molecule has 0 heterocycles. The Labute approximate surface area is 129 Å². The van der Waals surface area contributed by atoms with Crippen LogP contribution in [0.4, 0.5) is 0 Å². The van der Waals surface area contributed by atoms with Crippen LogP contribution in [0.3, 0.4) is 0 Å². The molecule has 0 spiro atoms. The van der Waals surface area contributed by atoms with Gasteiger partial charge in [0.2, 0.25) is 0 Å². The average molecular weight is 284 g/mol. The van der Waals surface area contributed by atoms with E-state index in [0.717, 1.165) is 0 Å².